The molecule has 0 N–H and O–H groups in total. The summed E-state index contributed by atoms with van der Waals surface area (Å²) in [6.45, 7) is 1.83. The molecule has 0 aliphatic rings. The molecule has 2 heterocycles. The maximum absolute atomic E-state index is 14.2. The van der Waals surface area contributed by atoms with Gasteiger partial charge in [-0.3, -0.25) is 0 Å². The van der Waals surface area contributed by atoms with Crippen LogP contribution in [0.5, 0.6) is 0 Å². The number of hydrogen-bond donors (Lipinski definition) is 0. The summed E-state index contributed by atoms with van der Waals surface area (Å²) in [4.78, 5) is 5.12. The monoisotopic (exact) mass is 419 g/mol. The summed E-state index contributed by atoms with van der Waals surface area (Å²) in [6, 6.07) is 7.86. The fraction of sp³-hybridized carbons (Fsp3) is 0.100. The standard InChI is InChI=1S/C20H13ClF3N3S/c1-10-13(9-28-18(10)12-7-6-11(22)8-16(12)24)20-25-19(26-27(20)2)17-14(21)4-3-5-15(17)23/h3-9H,1-2H3. The second-order valence-corrected chi connectivity index (χ2v) is 7.49. The van der Waals surface area contributed by atoms with Gasteiger partial charge in [-0.25, -0.2) is 22.8 Å². The van der Waals surface area contributed by atoms with Crippen molar-refractivity contribution in [2.24, 2.45) is 7.05 Å². The lowest BCUT2D eigenvalue weighted by Crippen LogP contribution is -1.95. The summed E-state index contributed by atoms with van der Waals surface area (Å²) in [6.07, 6.45) is 0. The van der Waals surface area contributed by atoms with E-state index in [1.165, 1.54) is 40.3 Å². The van der Waals surface area contributed by atoms with Crippen molar-refractivity contribution in [2.45, 2.75) is 6.92 Å². The van der Waals surface area contributed by atoms with Crippen molar-refractivity contribution >= 4 is 22.9 Å². The molecule has 0 saturated carbocycles. The van der Waals surface area contributed by atoms with Crippen LogP contribution >= 0.6 is 22.9 Å². The van der Waals surface area contributed by atoms with Gasteiger partial charge in [-0.1, -0.05) is 17.7 Å². The summed E-state index contributed by atoms with van der Waals surface area (Å²) in [5, 5.41) is 6.33. The van der Waals surface area contributed by atoms with E-state index in [-0.39, 0.29) is 16.4 Å². The van der Waals surface area contributed by atoms with Crippen molar-refractivity contribution in [1.29, 1.82) is 0 Å². The van der Waals surface area contributed by atoms with Crippen LogP contribution in [0.2, 0.25) is 5.02 Å². The molecule has 0 saturated heterocycles. The zero-order valence-electron chi connectivity index (χ0n) is 14.8. The molecule has 0 radical (unpaired) electrons. The van der Waals surface area contributed by atoms with Crippen molar-refractivity contribution in [3.8, 4) is 33.2 Å². The number of thiophene rings is 1. The molecule has 4 aromatic rings. The highest BCUT2D eigenvalue weighted by Crippen LogP contribution is 2.39. The van der Waals surface area contributed by atoms with Crippen LogP contribution in [0.1, 0.15) is 5.56 Å². The number of nitrogens with zero attached hydrogens (tertiary/aromatic N) is 3. The van der Waals surface area contributed by atoms with Crippen molar-refractivity contribution in [2.75, 3.05) is 0 Å². The molecule has 0 amide bonds. The molecule has 8 heteroatoms. The average Bonchev–Trinajstić information content (AvgIpc) is 3.18. The Morgan fingerprint density at radius 1 is 1.04 bits per heavy atom. The highest BCUT2D eigenvalue weighted by molar-refractivity contribution is 7.14. The number of halogens is 4. The Kier molecular flexibility index (Phi) is 4.72. The van der Waals surface area contributed by atoms with E-state index in [4.69, 9.17) is 11.6 Å². The van der Waals surface area contributed by atoms with Crippen LogP contribution in [-0.2, 0) is 7.05 Å². The SMILES string of the molecule is Cc1c(-c2nc(-c3c(F)cccc3Cl)nn2C)csc1-c1ccc(F)cc1F. The summed E-state index contributed by atoms with van der Waals surface area (Å²) >= 11 is 7.44. The van der Waals surface area contributed by atoms with E-state index in [2.05, 4.69) is 10.1 Å². The van der Waals surface area contributed by atoms with Crippen molar-refractivity contribution in [3.63, 3.8) is 0 Å². The lowest BCUT2D eigenvalue weighted by molar-refractivity contribution is 0.586. The van der Waals surface area contributed by atoms with Crippen LogP contribution in [0.3, 0.4) is 0 Å². The summed E-state index contributed by atoms with van der Waals surface area (Å²) in [7, 11) is 1.69. The molecule has 2 aromatic carbocycles. The van der Waals surface area contributed by atoms with E-state index in [0.717, 1.165) is 17.2 Å². The third kappa shape index (κ3) is 3.10. The van der Waals surface area contributed by atoms with Gasteiger partial charge in [-0.05, 0) is 36.8 Å². The smallest absolute Gasteiger partial charge is 0.186 e. The molecule has 28 heavy (non-hydrogen) atoms. The van der Waals surface area contributed by atoms with Crippen molar-refractivity contribution in [1.82, 2.24) is 14.8 Å². The van der Waals surface area contributed by atoms with Gasteiger partial charge in [0.15, 0.2) is 11.6 Å². The first-order valence-corrected chi connectivity index (χ1v) is 9.52. The normalized spacial score (nSPS) is 11.2. The Balaban J connectivity index is 1.81. The lowest BCUT2D eigenvalue weighted by atomic mass is 10.1. The second-order valence-electron chi connectivity index (χ2n) is 6.21. The third-order valence-corrected chi connectivity index (χ3v) is 5.84. The largest absolute Gasteiger partial charge is 0.248 e. The molecule has 0 aliphatic carbocycles. The quantitative estimate of drug-likeness (QED) is 0.392. The van der Waals surface area contributed by atoms with Crippen LogP contribution < -0.4 is 0 Å². The van der Waals surface area contributed by atoms with Crippen LogP contribution in [0.4, 0.5) is 13.2 Å². The van der Waals surface area contributed by atoms with Crippen molar-refractivity contribution < 1.29 is 13.2 Å². The third-order valence-electron chi connectivity index (χ3n) is 4.41. The maximum atomic E-state index is 14.2. The predicted molar refractivity (Wildman–Crippen MR) is 105 cm³/mol. The van der Waals surface area contributed by atoms with Gasteiger partial charge in [-0.2, -0.15) is 5.10 Å². The first-order valence-electron chi connectivity index (χ1n) is 8.26. The molecule has 2 aromatic heterocycles. The predicted octanol–water partition coefficient (Wildman–Crippen LogP) is 6.26. The fourth-order valence-electron chi connectivity index (χ4n) is 3.01. The van der Waals surface area contributed by atoms with E-state index in [1.807, 2.05) is 12.3 Å². The molecule has 0 spiro atoms. The molecular formula is C20H13ClF3N3S. The summed E-state index contributed by atoms with van der Waals surface area (Å²) in [5.41, 5.74) is 1.95. The highest BCUT2D eigenvalue weighted by Gasteiger charge is 2.21. The molecule has 0 atom stereocenters. The van der Waals surface area contributed by atoms with E-state index in [0.29, 0.717) is 16.3 Å². The minimum absolute atomic E-state index is 0.128. The minimum atomic E-state index is -0.631. The molecule has 0 fully saturated rings. The van der Waals surface area contributed by atoms with Gasteiger partial charge >= 0.3 is 0 Å². The molecule has 142 valence electrons. The second kappa shape index (κ2) is 7.07. The fourth-order valence-corrected chi connectivity index (χ4v) is 4.36. The van der Waals surface area contributed by atoms with E-state index in [1.54, 1.807) is 13.1 Å². The highest BCUT2D eigenvalue weighted by atomic mass is 35.5. The molecule has 4 rings (SSSR count). The van der Waals surface area contributed by atoms with Crippen LogP contribution in [0.25, 0.3) is 33.2 Å². The molecule has 0 aliphatic heterocycles. The number of rotatable bonds is 3. The molecule has 0 unspecified atom stereocenters. The Morgan fingerprint density at radius 2 is 1.82 bits per heavy atom. The van der Waals surface area contributed by atoms with Crippen LogP contribution in [-0.4, -0.2) is 14.8 Å². The Morgan fingerprint density at radius 3 is 2.54 bits per heavy atom. The number of aryl methyl sites for hydroxylation is 1. The first-order chi connectivity index (χ1) is 13.4. The summed E-state index contributed by atoms with van der Waals surface area (Å²) < 4.78 is 43.2. The van der Waals surface area contributed by atoms with Crippen molar-refractivity contribution in [3.05, 3.63) is 69.8 Å². The van der Waals surface area contributed by atoms with Crippen LogP contribution in [0.15, 0.2) is 41.8 Å². The van der Waals surface area contributed by atoms with Gasteiger partial charge in [-0.15, -0.1) is 11.3 Å². The maximum Gasteiger partial charge on any atom is 0.186 e. The van der Waals surface area contributed by atoms with Gasteiger partial charge in [0.1, 0.15) is 17.5 Å². The zero-order valence-corrected chi connectivity index (χ0v) is 16.4. The lowest BCUT2D eigenvalue weighted by Gasteiger charge is -2.04. The Bertz CT molecular complexity index is 1180. The molecular weight excluding hydrogens is 407 g/mol. The zero-order chi connectivity index (χ0) is 20.0. The number of aromatic nitrogens is 3. The van der Waals surface area contributed by atoms with Gasteiger partial charge in [0.05, 0.1) is 10.6 Å². The van der Waals surface area contributed by atoms with E-state index in [9.17, 15) is 13.2 Å². The van der Waals surface area contributed by atoms with E-state index < -0.39 is 17.5 Å². The number of benzene rings is 2. The minimum Gasteiger partial charge on any atom is -0.248 e. The van der Waals surface area contributed by atoms with Gasteiger partial charge in [0.2, 0.25) is 0 Å². The van der Waals surface area contributed by atoms with Gasteiger partial charge < -0.3 is 0 Å². The van der Waals surface area contributed by atoms with E-state index >= 15 is 0 Å². The molecule has 3 nitrogen and oxygen atoms in total. The number of hydrogen-bond acceptors (Lipinski definition) is 3. The summed E-state index contributed by atoms with van der Waals surface area (Å²) in [5.74, 6) is -1.11. The Labute approximate surface area is 168 Å². The first kappa shape index (κ1) is 18.7. The molecule has 0 bridgehead atoms. The van der Waals surface area contributed by atoms with Gasteiger partial charge in [0.25, 0.3) is 0 Å². The average molecular weight is 420 g/mol. The topological polar surface area (TPSA) is 30.7 Å². The van der Waals surface area contributed by atoms with Crippen LogP contribution in [0, 0.1) is 24.4 Å². The van der Waals surface area contributed by atoms with Gasteiger partial charge in [0, 0.05) is 34.5 Å². The Hall–Kier alpha value is -2.64.